The third kappa shape index (κ3) is 2.84. The zero-order valence-corrected chi connectivity index (χ0v) is 10.9. The van der Waals surface area contributed by atoms with E-state index < -0.39 is 0 Å². The second kappa shape index (κ2) is 5.80. The first kappa shape index (κ1) is 12.1. The van der Waals surface area contributed by atoms with Crippen LogP contribution >= 0.6 is 11.3 Å². The Morgan fingerprint density at radius 2 is 1.94 bits per heavy atom. The van der Waals surface area contributed by atoms with Crippen molar-refractivity contribution < 1.29 is 0 Å². The summed E-state index contributed by atoms with van der Waals surface area (Å²) < 4.78 is 0. The molecule has 2 nitrogen and oxygen atoms in total. The fourth-order valence-electron chi connectivity index (χ4n) is 2.48. The lowest BCUT2D eigenvalue weighted by atomic mass is 10.2. The van der Waals surface area contributed by atoms with E-state index in [2.05, 4.69) is 24.0 Å². The lowest BCUT2D eigenvalue weighted by Gasteiger charge is -2.28. The van der Waals surface area contributed by atoms with Crippen LogP contribution in [-0.4, -0.2) is 24.5 Å². The first-order chi connectivity index (χ1) is 7.81. The van der Waals surface area contributed by atoms with Crippen LogP contribution < -0.4 is 5.73 Å². The number of hydrogen-bond acceptors (Lipinski definition) is 3. The predicted molar refractivity (Wildman–Crippen MR) is 70.9 cm³/mol. The summed E-state index contributed by atoms with van der Waals surface area (Å²) in [5.74, 6) is 0. The Morgan fingerprint density at radius 1 is 1.25 bits per heavy atom. The van der Waals surface area contributed by atoms with Gasteiger partial charge >= 0.3 is 0 Å². The quantitative estimate of drug-likeness (QED) is 0.877. The molecule has 0 radical (unpaired) electrons. The number of likely N-dealkylation sites (tertiary alicyclic amines) is 1. The molecule has 1 fully saturated rings. The highest BCUT2D eigenvalue weighted by molar-refractivity contribution is 7.12. The fraction of sp³-hybridized carbons (Fsp3) is 0.692. The van der Waals surface area contributed by atoms with Crippen molar-refractivity contribution in [3.8, 4) is 0 Å². The average molecular weight is 238 g/mol. The minimum atomic E-state index is 0.455. The average Bonchev–Trinajstić information content (AvgIpc) is 2.55. The smallest absolute Gasteiger partial charge is 0.0564 e. The van der Waals surface area contributed by atoms with E-state index in [4.69, 9.17) is 5.73 Å². The van der Waals surface area contributed by atoms with E-state index in [1.807, 2.05) is 11.3 Å². The molecule has 1 aliphatic rings. The zero-order valence-electron chi connectivity index (χ0n) is 10.1. The standard InChI is InChI=1S/C13H22N2S/c1-11-6-7-13(16-11)12(10-14)15-8-4-2-3-5-9-15/h6-7,12H,2-5,8-10,14H2,1H3. The predicted octanol–water partition coefficient (Wildman–Crippen LogP) is 2.93. The van der Waals surface area contributed by atoms with Gasteiger partial charge in [0.2, 0.25) is 0 Å². The van der Waals surface area contributed by atoms with Crippen molar-refractivity contribution in [3.63, 3.8) is 0 Å². The van der Waals surface area contributed by atoms with Gasteiger partial charge in [0.25, 0.3) is 0 Å². The summed E-state index contributed by atoms with van der Waals surface area (Å²) in [6.45, 7) is 5.36. The minimum Gasteiger partial charge on any atom is -0.329 e. The van der Waals surface area contributed by atoms with Crippen molar-refractivity contribution in [1.29, 1.82) is 0 Å². The summed E-state index contributed by atoms with van der Waals surface area (Å²) in [6, 6.07) is 4.92. The number of rotatable bonds is 3. The molecule has 1 aromatic heterocycles. The number of nitrogens with zero attached hydrogens (tertiary/aromatic N) is 1. The van der Waals surface area contributed by atoms with Crippen molar-refractivity contribution >= 4 is 11.3 Å². The molecule has 3 heteroatoms. The number of hydrogen-bond donors (Lipinski definition) is 1. The Morgan fingerprint density at radius 3 is 2.44 bits per heavy atom. The Bertz CT molecular complexity index is 313. The van der Waals surface area contributed by atoms with Gasteiger partial charge in [0.15, 0.2) is 0 Å². The van der Waals surface area contributed by atoms with Gasteiger partial charge in [-0.3, -0.25) is 4.90 Å². The van der Waals surface area contributed by atoms with E-state index >= 15 is 0 Å². The van der Waals surface area contributed by atoms with Gasteiger partial charge < -0.3 is 5.73 Å². The van der Waals surface area contributed by atoms with Gasteiger partial charge in [0.05, 0.1) is 6.04 Å². The van der Waals surface area contributed by atoms with Crippen LogP contribution in [0.2, 0.25) is 0 Å². The van der Waals surface area contributed by atoms with Gasteiger partial charge in [-0.05, 0) is 45.0 Å². The van der Waals surface area contributed by atoms with Crippen LogP contribution in [0.3, 0.4) is 0 Å². The fourth-order valence-corrected chi connectivity index (χ4v) is 3.51. The molecule has 0 bridgehead atoms. The highest BCUT2D eigenvalue weighted by Crippen LogP contribution is 2.28. The number of thiophene rings is 1. The van der Waals surface area contributed by atoms with Crippen LogP contribution in [-0.2, 0) is 0 Å². The molecular weight excluding hydrogens is 216 g/mol. The summed E-state index contributed by atoms with van der Waals surface area (Å²) in [4.78, 5) is 5.42. The Balaban J connectivity index is 2.08. The molecule has 2 rings (SSSR count). The summed E-state index contributed by atoms with van der Waals surface area (Å²) >= 11 is 1.90. The summed E-state index contributed by atoms with van der Waals surface area (Å²) in [5.41, 5.74) is 5.96. The third-order valence-corrected chi connectivity index (χ3v) is 4.50. The Labute approximate surface area is 102 Å². The molecule has 16 heavy (non-hydrogen) atoms. The second-order valence-corrected chi connectivity index (χ2v) is 5.97. The van der Waals surface area contributed by atoms with Crippen molar-refractivity contribution in [2.45, 2.75) is 38.6 Å². The molecule has 1 atom stereocenters. The van der Waals surface area contributed by atoms with E-state index in [-0.39, 0.29) is 0 Å². The molecule has 0 aromatic carbocycles. The molecule has 1 aliphatic heterocycles. The maximum absolute atomic E-state index is 5.96. The van der Waals surface area contributed by atoms with Crippen LogP contribution in [0.1, 0.15) is 41.5 Å². The minimum absolute atomic E-state index is 0.455. The molecule has 2 heterocycles. The zero-order chi connectivity index (χ0) is 11.4. The van der Waals surface area contributed by atoms with E-state index in [0.717, 1.165) is 6.54 Å². The largest absolute Gasteiger partial charge is 0.329 e. The summed E-state index contributed by atoms with van der Waals surface area (Å²) in [5, 5.41) is 0. The van der Waals surface area contributed by atoms with Gasteiger partial charge in [-0.2, -0.15) is 0 Å². The molecule has 0 saturated carbocycles. The van der Waals surface area contributed by atoms with Gasteiger partial charge in [-0.1, -0.05) is 12.8 Å². The highest BCUT2D eigenvalue weighted by Gasteiger charge is 2.21. The van der Waals surface area contributed by atoms with Crippen LogP contribution in [0.25, 0.3) is 0 Å². The lowest BCUT2D eigenvalue weighted by Crippen LogP contribution is -2.34. The summed E-state index contributed by atoms with van der Waals surface area (Å²) in [7, 11) is 0. The van der Waals surface area contributed by atoms with Gasteiger partial charge in [-0.25, -0.2) is 0 Å². The van der Waals surface area contributed by atoms with Crippen LogP contribution in [0.4, 0.5) is 0 Å². The maximum Gasteiger partial charge on any atom is 0.0564 e. The van der Waals surface area contributed by atoms with E-state index in [1.165, 1.54) is 48.5 Å². The van der Waals surface area contributed by atoms with Gasteiger partial charge in [0.1, 0.15) is 0 Å². The van der Waals surface area contributed by atoms with Gasteiger partial charge in [-0.15, -0.1) is 11.3 Å². The van der Waals surface area contributed by atoms with Crippen molar-refractivity contribution in [3.05, 3.63) is 21.9 Å². The lowest BCUT2D eigenvalue weighted by molar-refractivity contribution is 0.212. The highest BCUT2D eigenvalue weighted by atomic mass is 32.1. The van der Waals surface area contributed by atoms with Crippen molar-refractivity contribution in [2.24, 2.45) is 5.73 Å². The topological polar surface area (TPSA) is 29.3 Å². The Hall–Kier alpha value is -0.380. The maximum atomic E-state index is 5.96. The molecule has 0 amide bonds. The van der Waals surface area contributed by atoms with Crippen LogP contribution in [0.5, 0.6) is 0 Å². The van der Waals surface area contributed by atoms with Crippen molar-refractivity contribution in [1.82, 2.24) is 4.90 Å². The molecule has 1 saturated heterocycles. The summed E-state index contributed by atoms with van der Waals surface area (Å²) in [6.07, 6.45) is 5.44. The molecule has 0 spiro atoms. The molecular formula is C13H22N2S. The molecule has 2 N–H and O–H groups in total. The first-order valence-corrected chi connectivity index (χ1v) is 7.13. The number of aryl methyl sites for hydroxylation is 1. The van der Waals surface area contributed by atoms with Crippen LogP contribution in [0, 0.1) is 6.92 Å². The van der Waals surface area contributed by atoms with Crippen molar-refractivity contribution in [2.75, 3.05) is 19.6 Å². The van der Waals surface area contributed by atoms with E-state index in [0.29, 0.717) is 6.04 Å². The molecule has 90 valence electrons. The van der Waals surface area contributed by atoms with E-state index in [9.17, 15) is 0 Å². The molecule has 0 aliphatic carbocycles. The molecule has 1 aromatic rings. The normalized spacial score (nSPS) is 20.6. The SMILES string of the molecule is Cc1ccc(C(CN)N2CCCCCC2)s1. The second-order valence-electron chi connectivity index (χ2n) is 4.65. The number of nitrogens with two attached hydrogens (primary N) is 1. The van der Waals surface area contributed by atoms with E-state index in [1.54, 1.807) is 0 Å². The first-order valence-electron chi connectivity index (χ1n) is 6.31. The Kier molecular flexibility index (Phi) is 4.38. The monoisotopic (exact) mass is 238 g/mol. The van der Waals surface area contributed by atoms with Gasteiger partial charge in [0, 0.05) is 16.3 Å². The van der Waals surface area contributed by atoms with Crippen LogP contribution in [0.15, 0.2) is 12.1 Å². The third-order valence-electron chi connectivity index (χ3n) is 3.39. The molecule has 1 unspecified atom stereocenters.